The highest BCUT2D eigenvalue weighted by Crippen LogP contribution is 2.28. The number of ether oxygens (including phenoxy) is 1. The maximum Gasteiger partial charge on any atom is 0.427 e. The molecule has 0 saturated heterocycles. The third kappa shape index (κ3) is 3.09. The molecule has 0 radical (unpaired) electrons. The van der Waals surface area contributed by atoms with Gasteiger partial charge in [-0.1, -0.05) is 0 Å². The van der Waals surface area contributed by atoms with Crippen LogP contribution in [0, 0.1) is 13.8 Å². The van der Waals surface area contributed by atoms with Gasteiger partial charge in [-0.2, -0.15) is 5.10 Å². The minimum Gasteiger partial charge on any atom is -0.452 e. The van der Waals surface area contributed by atoms with Crippen molar-refractivity contribution in [3.63, 3.8) is 0 Å². The Morgan fingerprint density at radius 1 is 1.07 bits per heavy atom. The molecule has 0 aliphatic carbocycles. The summed E-state index contributed by atoms with van der Waals surface area (Å²) >= 11 is 2.80. The Kier molecular flexibility index (Phi) is 5.08. The van der Waals surface area contributed by atoms with Crippen molar-refractivity contribution in [3.8, 4) is 0 Å². The summed E-state index contributed by atoms with van der Waals surface area (Å²) in [6.07, 6.45) is -0.722. The van der Waals surface area contributed by atoms with Crippen LogP contribution in [0.15, 0.2) is 15.9 Å². The van der Waals surface area contributed by atoms with Gasteiger partial charge < -0.3 is 14.9 Å². The van der Waals surface area contributed by atoms with Gasteiger partial charge in [0, 0.05) is 10.8 Å². The zero-order valence-corrected chi connectivity index (χ0v) is 17.5. The molecule has 0 aliphatic heterocycles. The van der Waals surface area contributed by atoms with E-state index in [4.69, 9.17) is 0 Å². The number of hydrazone groups is 1. The molecule has 0 atom stereocenters. The summed E-state index contributed by atoms with van der Waals surface area (Å²) in [5.74, 6) is 0. The monoisotopic (exact) mass is 434 g/mol. The molecule has 29 heavy (non-hydrogen) atoms. The van der Waals surface area contributed by atoms with Crippen molar-refractivity contribution in [1.29, 1.82) is 0 Å². The maximum atomic E-state index is 11.7. The van der Waals surface area contributed by atoms with Gasteiger partial charge in [0.25, 0.3) is 0 Å². The van der Waals surface area contributed by atoms with Gasteiger partial charge in [0.05, 0.1) is 54.5 Å². The van der Waals surface area contributed by atoms with E-state index in [2.05, 4.69) is 25.2 Å². The Hall–Kier alpha value is -2.80. The van der Waals surface area contributed by atoms with E-state index in [-0.39, 0.29) is 13.2 Å². The first kappa shape index (κ1) is 19.5. The molecule has 0 bridgehead atoms. The van der Waals surface area contributed by atoms with Gasteiger partial charge in [0.2, 0.25) is 0 Å². The number of aliphatic hydroxyl groups excluding tert-OH is 2. The Labute approximate surface area is 172 Å². The lowest BCUT2D eigenvalue weighted by Gasteiger charge is -2.10. The van der Waals surface area contributed by atoms with Gasteiger partial charge in [0.1, 0.15) is 5.71 Å². The van der Waals surface area contributed by atoms with Crippen LogP contribution in [0.25, 0.3) is 9.92 Å². The Balaban J connectivity index is 2.04. The molecule has 0 fully saturated rings. The number of carbonyl (C=O) groups excluding carboxylic acids is 1. The second kappa shape index (κ2) is 7.55. The number of amides is 1. The van der Waals surface area contributed by atoms with Crippen molar-refractivity contribution in [2.75, 3.05) is 7.11 Å². The van der Waals surface area contributed by atoms with Crippen molar-refractivity contribution < 1.29 is 19.7 Å². The number of methoxy groups -OCH3 is 1. The van der Waals surface area contributed by atoms with Crippen molar-refractivity contribution in [1.82, 2.24) is 24.2 Å². The third-order valence-corrected chi connectivity index (χ3v) is 6.18. The number of aryl methyl sites for hydroxylation is 2. The van der Waals surface area contributed by atoms with Gasteiger partial charge in [0.15, 0.2) is 9.92 Å². The zero-order valence-electron chi connectivity index (χ0n) is 15.8. The summed E-state index contributed by atoms with van der Waals surface area (Å²) in [4.78, 5) is 22.3. The molecule has 0 saturated carbocycles. The number of nitrogens with one attached hydrogen (secondary N) is 1. The van der Waals surface area contributed by atoms with E-state index in [1.807, 2.05) is 33.4 Å². The normalized spacial score (nSPS) is 11.3. The van der Waals surface area contributed by atoms with Gasteiger partial charge in [-0.3, -0.25) is 8.80 Å². The van der Waals surface area contributed by atoms with Crippen LogP contribution in [0.1, 0.15) is 34.2 Å². The number of imidazole rings is 2. The summed E-state index contributed by atoms with van der Waals surface area (Å²) < 4.78 is 8.27. The number of rotatable bonds is 5. The molecule has 4 heterocycles. The van der Waals surface area contributed by atoms with Crippen molar-refractivity contribution >= 4 is 44.4 Å². The molecule has 0 unspecified atom stereocenters. The molecular formula is C17H18N6O4S2. The minimum absolute atomic E-state index is 0.179. The van der Waals surface area contributed by atoms with E-state index < -0.39 is 6.09 Å². The summed E-state index contributed by atoms with van der Waals surface area (Å²) in [5.41, 5.74) is 6.65. The third-order valence-electron chi connectivity index (χ3n) is 4.43. The van der Waals surface area contributed by atoms with Crippen LogP contribution in [-0.2, 0) is 18.0 Å². The number of aromatic nitrogens is 4. The number of thiazole rings is 2. The molecule has 1 amide bonds. The highest BCUT2D eigenvalue weighted by molar-refractivity contribution is 7.15. The van der Waals surface area contributed by atoms with Crippen LogP contribution in [0.2, 0.25) is 0 Å². The number of nitrogens with zero attached hydrogens (tertiary/aromatic N) is 5. The molecule has 0 aromatic carbocycles. The predicted octanol–water partition coefficient (Wildman–Crippen LogP) is 1.81. The summed E-state index contributed by atoms with van der Waals surface area (Å²) in [7, 11) is 1.25. The van der Waals surface area contributed by atoms with Gasteiger partial charge in [-0.05, 0) is 13.8 Å². The van der Waals surface area contributed by atoms with Gasteiger partial charge in [-0.25, -0.2) is 20.2 Å². The first-order chi connectivity index (χ1) is 14.0. The van der Waals surface area contributed by atoms with Crippen LogP contribution >= 0.6 is 22.7 Å². The van der Waals surface area contributed by atoms with E-state index in [1.54, 1.807) is 0 Å². The van der Waals surface area contributed by atoms with E-state index in [0.717, 1.165) is 0 Å². The standard InChI is InChI=1S/C17H18N6O4S2/c1-8-13(22-10(4-24)6-28-15(22)18-8)12(20-21-17(26)27-3)14-9(2)19-16-23(14)11(5-25)7-29-16/h6-7,24-25H,4-5H2,1-3H3,(H,21,26). The Morgan fingerprint density at radius 3 is 1.97 bits per heavy atom. The number of hydrogen-bond donors (Lipinski definition) is 3. The fourth-order valence-corrected chi connectivity index (χ4v) is 5.03. The lowest BCUT2D eigenvalue weighted by Crippen LogP contribution is -2.23. The van der Waals surface area contributed by atoms with Crippen LogP contribution in [-0.4, -0.2) is 47.9 Å². The van der Waals surface area contributed by atoms with E-state index in [9.17, 15) is 15.0 Å². The fourth-order valence-electron chi connectivity index (χ4n) is 3.18. The summed E-state index contributed by atoms with van der Waals surface area (Å²) in [6, 6.07) is 0. The van der Waals surface area contributed by atoms with Crippen molar-refractivity contribution in [2.45, 2.75) is 27.1 Å². The minimum atomic E-state index is -0.722. The van der Waals surface area contributed by atoms with Crippen molar-refractivity contribution in [2.24, 2.45) is 5.10 Å². The average molecular weight is 435 g/mol. The Morgan fingerprint density at radius 2 is 1.55 bits per heavy atom. The molecular weight excluding hydrogens is 416 g/mol. The summed E-state index contributed by atoms with van der Waals surface area (Å²) in [6.45, 7) is 3.30. The van der Waals surface area contributed by atoms with Crippen LogP contribution < -0.4 is 5.43 Å². The van der Waals surface area contributed by atoms with E-state index >= 15 is 0 Å². The molecule has 10 nitrogen and oxygen atoms in total. The SMILES string of the molecule is COC(=O)NN=C(c1c(C)nc2scc(CO)n12)c1c(C)nc2scc(CO)n12. The molecule has 0 spiro atoms. The molecule has 4 aromatic heterocycles. The van der Waals surface area contributed by atoms with E-state index in [1.165, 1.54) is 29.8 Å². The number of fused-ring (bicyclic) bond motifs is 2. The topological polar surface area (TPSA) is 126 Å². The molecule has 4 aromatic rings. The first-order valence-electron chi connectivity index (χ1n) is 8.55. The predicted molar refractivity (Wildman–Crippen MR) is 109 cm³/mol. The zero-order chi connectivity index (χ0) is 20.7. The fraction of sp³-hybridized carbons (Fsp3) is 0.294. The quantitative estimate of drug-likeness (QED) is 0.325. The second-order valence-electron chi connectivity index (χ2n) is 6.16. The average Bonchev–Trinajstić information content (AvgIpc) is 3.43. The second-order valence-corrected chi connectivity index (χ2v) is 7.83. The smallest absolute Gasteiger partial charge is 0.427 e. The molecule has 152 valence electrons. The highest BCUT2D eigenvalue weighted by Gasteiger charge is 2.26. The highest BCUT2D eigenvalue weighted by atomic mass is 32.1. The summed E-state index contributed by atoms with van der Waals surface area (Å²) in [5, 5.41) is 27.5. The molecule has 12 heteroatoms. The van der Waals surface area contributed by atoms with E-state index in [0.29, 0.717) is 49.8 Å². The van der Waals surface area contributed by atoms with Crippen LogP contribution in [0.5, 0.6) is 0 Å². The van der Waals surface area contributed by atoms with Crippen LogP contribution in [0.3, 0.4) is 0 Å². The maximum absolute atomic E-state index is 11.7. The van der Waals surface area contributed by atoms with Crippen molar-refractivity contribution in [3.05, 3.63) is 44.9 Å². The molecule has 3 N–H and O–H groups in total. The van der Waals surface area contributed by atoms with Gasteiger partial charge in [-0.15, -0.1) is 22.7 Å². The lowest BCUT2D eigenvalue weighted by atomic mass is 10.1. The van der Waals surface area contributed by atoms with Gasteiger partial charge >= 0.3 is 6.09 Å². The molecule has 0 aliphatic rings. The Bertz CT molecular complexity index is 1160. The number of aliphatic hydroxyl groups is 2. The largest absolute Gasteiger partial charge is 0.452 e. The lowest BCUT2D eigenvalue weighted by molar-refractivity contribution is 0.171. The number of hydrogen-bond acceptors (Lipinski definition) is 9. The molecule has 4 rings (SSSR count). The first-order valence-corrected chi connectivity index (χ1v) is 10.3. The van der Waals surface area contributed by atoms with Crippen LogP contribution in [0.4, 0.5) is 4.79 Å². The number of carbonyl (C=O) groups is 1.